The molecule has 0 radical (unpaired) electrons. The van der Waals surface area contributed by atoms with Crippen molar-refractivity contribution in [3.63, 3.8) is 0 Å². The average Bonchev–Trinajstić information content (AvgIpc) is 2.29. The van der Waals surface area contributed by atoms with E-state index >= 15 is 0 Å². The molecule has 1 atom stereocenters. The molecule has 0 saturated carbocycles. The third kappa shape index (κ3) is 1.96. The van der Waals surface area contributed by atoms with E-state index in [1.807, 2.05) is 13.0 Å². The van der Waals surface area contributed by atoms with Crippen molar-refractivity contribution >= 4 is 5.69 Å². The van der Waals surface area contributed by atoms with Gasteiger partial charge in [0.25, 0.3) is 0 Å². The Hall–Kier alpha value is -1.69. The molecule has 1 unspecified atom stereocenters. The van der Waals surface area contributed by atoms with Crippen molar-refractivity contribution in [3.05, 3.63) is 23.8 Å². The molecule has 0 spiro atoms. The number of hydrogen-bond acceptors (Lipinski definition) is 3. The Bertz CT molecular complexity index is 422. The molecule has 3 heteroatoms. The van der Waals surface area contributed by atoms with Gasteiger partial charge >= 0.3 is 0 Å². The van der Waals surface area contributed by atoms with Gasteiger partial charge in [-0.2, -0.15) is 5.26 Å². The quantitative estimate of drug-likeness (QED) is 0.712. The molecule has 0 saturated heterocycles. The number of hydrogen-bond donors (Lipinski definition) is 0. The van der Waals surface area contributed by atoms with E-state index in [1.165, 1.54) is 5.56 Å². The molecule has 84 valence electrons. The largest absolute Gasteiger partial charge is 0.487 e. The van der Waals surface area contributed by atoms with Crippen LogP contribution < -0.4 is 9.64 Å². The van der Waals surface area contributed by atoms with Crippen LogP contribution in [0.2, 0.25) is 0 Å². The lowest BCUT2D eigenvalue weighted by Gasteiger charge is -2.33. The van der Waals surface area contributed by atoms with Gasteiger partial charge in [-0.1, -0.05) is 13.0 Å². The van der Waals surface area contributed by atoms with Crippen LogP contribution in [0, 0.1) is 11.3 Å². The first-order valence-corrected chi connectivity index (χ1v) is 5.66. The Morgan fingerprint density at radius 3 is 3.06 bits per heavy atom. The molecule has 0 amide bonds. The van der Waals surface area contributed by atoms with Gasteiger partial charge in [-0.15, -0.1) is 0 Å². The lowest BCUT2D eigenvalue weighted by molar-refractivity contribution is 0.214. The molecular weight excluding hydrogens is 200 g/mol. The molecule has 0 aromatic heterocycles. The summed E-state index contributed by atoms with van der Waals surface area (Å²) in [6.07, 6.45) is 1.15. The van der Waals surface area contributed by atoms with E-state index in [0.29, 0.717) is 6.54 Å². The maximum Gasteiger partial charge on any atom is 0.143 e. The maximum absolute atomic E-state index is 8.82. The maximum atomic E-state index is 8.82. The van der Waals surface area contributed by atoms with Gasteiger partial charge in [-0.25, -0.2) is 0 Å². The lowest BCUT2D eigenvalue weighted by Crippen LogP contribution is -2.38. The van der Waals surface area contributed by atoms with Crippen molar-refractivity contribution in [3.8, 4) is 11.8 Å². The number of ether oxygens (including phenoxy) is 1. The predicted molar refractivity (Wildman–Crippen MR) is 63.7 cm³/mol. The Morgan fingerprint density at radius 2 is 2.38 bits per heavy atom. The summed E-state index contributed by atoms with van der Waals surface area (Å²) in [5.74, 6) is 0.895. The molecule has 0 bridgehead atoms. The molecule has 1 aliphatic heterocycles. The van der Waals surface area contributed by atoms with Gasteiger partial charge in [0.2, 0.25) is 0 Å². The fourth-order valence-corrected chi connectivity index (χ4v) is 2.03. The smallest absolute Gasteiger partial charge is 0.143 e. The zero-order valence-corrected chi connectivity index (χ0v) is 9.73. The second-order valence-electron chi connectivity index (χ2n) is 4.12. The first-order chi connectivity index (χ1) is 7.74. The van der Waals surface area contributed by atoms with Gasteiger partial charge in [0.05, 0.1) is 18.3 Å². The topological polar surface area (TPSA) is 36.3 Å². The molecule has 1 aliphatic rings. The molecule has 0 fully saturated rings. The number of rotatable bonds is 2. The summed E-state index contributed by atoms with van der Waals surface area (Å²) in [6.45, 7) is 5.37. The van der Waals surface area contributed by atoms with Crippen LogP contribution in [-0.4, -0.2) is 19.2 Å². The van der Waals surface area contributed by atoms with E-state index in [1.54, 1.807) is 0 Å². The highest BCUT2D eigenvalue weighted by Crippen LogP contribution is 2.34. The van der Waals surface area contributed by atoms with Gasteiger partial charge < -0.3 is 9.64 Å². The van der Waals surface area contributed by atoms with Crippen LogP contribution in [-0.2, 0) is 6.42 Å². The average molecular weight is 216 g/mol. The molecule has 1 aromatic carbocycles. The summed E-state index contributed by atoms with van der Waals surface area (Å²) in [7, 11) is 0. The van der Waals surface area contributed by atoms with Gasteiger partial charge in [0, 0.05) is 0 Å². The van der Waals surface area contributed by atoms with Crippen molar-refractivity contribution in [2.24, 2.45) is 0 Å². The zero-order chi connectivity index (χ0) is 11.5. The SMILES string of the molecule is CCc1ccc2c(c1)N(CC#N)CC(C)O2. The first-order valence-electron chi connectivity index (χ1n) is 5.66. The fourth-order valence-electron chi connectivity index (χ4n) is 2.03. The highest BCUT2D eigenvalue weighted by Gasteiger charge is 2.22. The van der Waals surface area contributed by atoms with Gasteiger partial charge in [0.1, 0.15) is 18.4 Å². The van der Waals surface area contributed by atoms with E-state index in [2.05, 4.69) is 30.0 Å². The van der Waals surface area contributed by atoms with Gasteiger partial charge in [0.15, 0.2) is 0 Å². The van der Waals surface area contributed by atoms with Crippen LogP contribution in [0.25, 0.3) is 0 Å². The highest BCUT2D eigenvalue weighted by atomic mass is 16.5. The second-order valence-corrected chi connectivity index (χ2v) is 4.12. The molecule has 16 heavy (non-hydrogen) atoms. The number of benzene rings is 1. The molecular formula is C13H16N2O. The van der Waals surface area contributed by atoms with E-state index < -0.39 is 0 Å². The van der Waals surface area contributed by atoms with Crippen molar-refractivity contribution in [2.45, 2.75) is 26.4 Å². The minimum absolute atomic E-state index is 0.147. The Labute approximate surface area is 96.2 Å². The van der Waals surface area contributed by atoms with Crippen molar-refractivity contribution < 1.29 is 4.74 Å². The van der Waals surface area contributed by atoms with E-state index in [-0.39, 0.29) is 6.10 Å². The molecule has 0 N–H and O–H groups in total. The third-order valence-electron chi connectivity index (χ3n) is 2.84. The van der Waals surface area contributed by atoms with Crippen molar-refractivity contribution in [1.29, 1.82) is 5.26 Å². The number of nitrogens with zero attached hydrogens (tertiary/aromatic N) is 2. The summed E-state index contributed by atoms with van der Waals surface area (Å²) in [4.78, 5) is 2.09. The first kappa shape index (κ1) is 10.8. The normalized spacial score (nSPS) is 18.6. The van der Waals surface area contributed by atoms with Crippen LogP contribution in [0.5, 0.6) is 5.75 Å². The number of aryl methyl sites for hydroxylation is 1. The zero-order valence-electron chi connectivity index (χ0n) is 9.73. The molecule has 2 rings (SSSR count). The number of nitriles is 1. The fraction of sp³-hybridized carbons (Fsp3) is 0.462. The van der Waals surface area contributed by atoms with Crippen molar-refractivity contribution in [1.82, 2.24) is 0 Å². The van der Waals surface area contributed by atoms with E-state index in [4.69, 9.17) is 10.00 Å². The molecule has 1 aromatic rings. The molecule has 0 aliphatic carbocycles. The van der Waals surface area contributed by atoms with Crippen molar-refractivity contribution in [2.75, 3.05) is 18.0 Å². The summed E-state index contributed by atoms with van der Waals surface area (Å²) >= 11 is 0. The lowest BCUT2D eigenvalue weighted by atomic mass is 10.1. The predicted octanol–water partition coefficient (Wildman–Crippen LogP) is 2.36. The van der Waals surface area contributed by atoms with E-state index in [9.17, 15) is 0 Å². The number of fused-ring (bicyclic) bond motifs is 1. The van der Waals surface area contributed by atoms with Gasteiger partial charge in [-0.05, 0) is 31.0 Å². The third-order valence-corrected chi connectivity index (χ3v) is 2.84. The van der Waals surface area contributed by atoms with Crippen LogP contribution >= 0.6 is 0 Å². The number of anilines is 1. The monoisotopic (exact) mass is 216 g/mol. The highest BCUT2D eigenvalue weighted by molar-refractivity contribution is 5.62. The van der Waals surface area contributed by atoms with Crippen LogP contribution in [0.15, 0.2) is 18.2 Å². The summed E-state index contributed by atoms with van der Waals surface area (Å²) in [5.41, 5.74) is 2.33. The molecule has 1 heterocycles. The second kappa shape index (κ2) is 4.44. The van der Waals surface area contributed by atoms with Crippen LogP contribution in [0.1, 0.15) is 19.4 Å². The minimum Gasteiger partial charge on any atom is -0.487 e. The summed E-state index contributed by atoms with van der Waals surface area (Å²) in [5, 5.41) is 8.82. The van der Waals surface area contributed by atoms with E-state index in [0.717, 1.165) is 24.4 Å². The summed E-state index contributed by atoms with van der Waals surface area (Å²) in [6, 6.07) is 8.42. The van der Waals surface area contributed by atoms with Crippen LogP contribution in [0.3, 0.4) is 0 Å². The Morgan fingerprint density at radius 1 is 1.56 bits per heavy atom. The Kier molecular flexibility index (Phi) is 3.00. The minimum atomic E-state index is 0.147. The Balaban J connectivity index is 2.38. The standard InChI is InChI=1S/C13H16N2O/c1-3-11-4-5-13-12(8-11)15(7-6-14)9-10(2)16-13/h4-5,8,10H,3,7,9H2,1-2H3. The molecule has 3 nitrogen and oxygen atoms in total. The summed E-state index contributed by atoms with van der Waals surface area (Å²) < 4.78 is 5.76. The van der Waals surface area contributed by atoms with Gasteiger partial charge in [-0.3, -0.25) is 0 Å². The van der Waals surface area contributed by atoms with Crippen LogP contribution in [0.4, 0.5) is 5.69 Å².